The van der Waals surface area contributed by atoms with Crippen molar-refractivity contribution in [2.24, 2.45) is 0 Å². The van der Waals surface area contributed by atoms with Crippen LogP contribution in [0.3, 0.4) is 0 Å². The highest BCUT2D eigenvalue weighted by atomic mass is 16.5. The quantitative estimate of drug-likeness (QED) is 0.761. The first-order chi connectivity index (χ1) is 13.6. The number of rotatable bonds is 4. The summed E-state index contributed by atoms with van der Waals surface area (Å²) in [7, 11) is 1.58. The van der Waals surface area contributed by atoms with Crippen LogP contribution in [0.5, 0.6) is 5.75 Å². The summed E-state index contributed by atoms with van der Waals surface area (Å²) in [5.74, 6) is -0.693. The molecule has 6 nitrogen and oxygen atoms in total. The molecule has 1 heterocycles. The Kier molecular flexibility index (Phi) is 4.45. The first kappa shape index (κ1) is 17.6. The van der Waals surface area contributed by atoms with E-state index in [1.807, 2.05) is 30.3 Å². The first-order valence-electron chi connectivity index (χ1n) is 8.73. The van der Waals surface area contributed by atoms with Crippen LogP contribution in [0, 0.1) is 0 Å². The summed E-state index contributed by atoms with van der Waals surface area (Å²) in [5.41, 5.74) is 2.83. The van der Waals surface area contributed by atoms with Crippen LogP contribution in [-0.4, -0.2) is 19.0 Å². The lowest BCUT2D eigenvalue weighted by Crippen LogP contribution is -2.43. The molecular weight excluding hydrogens is 356 g/mol. The molecule has 1 aliphatic heterocycles. The molecule has 28 heavy (non-hydrogen) atoms. The normalized spacial score (nSPS) is 15.5. The van der Waals surface area contributed by atoms with E-state index in [4.69, 9.17) is 4.74 Å². The fourth-order valence-corrected chi connectivity index (χ4v) is 3.30. The molecule has 6 heteroatoms. The van der Waals surface area contributed by atoms with Gasteiger partial charge < -0.3 is 20.0 Å². The molecule has 0 spiro atoms. The third kappa shape index (κ3) is 3.05. The maximum atomic E-state index is 13.3. The minimum atomic E-state index is -1.24. The average molecular weight is 373 g/mol. The van der Waals surface area contributed by atoms with E-state index in [9.17, 15) is 14.7 Å². The zero-order chi connectivity index (χ0) is 19.7. The van der Waals surface area contributed by atoms with Crippen LogP contribution < -0.4 is 20.1 Å². The van der Waals surface area contributed by atoms with Gasteiger partial charge >= 0.3 is 0 Å². The number of ether oxygens (including phenoxy) is 1. The second-order valence-electron chi connectivity index (χ2n) is 6.38. The number of methoxy groups -OCH3 is 1. The number of amides is 1. The summed E-state index contributed by atoms with van der Waals surface area (Å²) < 4.78 is 5.21. The number of carbonyl (C=O) groups is 2. The van der Waals surface area contributed by atoms with Gasteiger partial charge in [0.15, 0.2) is 0 Å². The van der Waals surface area contributed by atoms with E-state index >= 15 is 0 Å². The predicted octanol–water partition coefficient (Wildman–Crippen LogP) is 2.83. The van der Waals surface area contributed by atoms with E-state index in [1.54, 1.807) is 42.3 Å². The second kappa shape index (κ2) is 7.08. The van der Waals surface area contributed by atoms with Gasteiger partial charge in [-0.3, -0.25) is 9.69 Å². The van der Waals surface area contributed by atoms with Gasteiger partial charge in [-0.05, 0) is 47.5 Å². The SMILES string of the molecule is COc1ccc(N2C(=O)c3ccccc3N[C@@H]2c2ccc(C(=O)[O-])cc2)cc1. The number of hydrogen-bond acceptors (Lipinski definition) is 5. The number of carbonyl (C=O) groups excluding carboxylic acids is 2. The number of carboxylic acids is 1. The topological polar surface area (TPSA) is 81.7 Å². The van der Waals surface area contributed by atoms with Gasteiger partial charge in [-0.25, -0.2) is 0 Å². The van der Waals surface area contributed by atoms with Crippen molar-refractivity contribution in [3.8, 4) is 5.75 Å². The third-order valence-corrected chi connectivity index (χ3v) is 4.74. The Labute approximate surface area is 162 Å². The molecule has 3 aromatic rings. The molecule has 0 fully saturated rings. The van der Waals surface area contributed by atoms with Crippen LogP contribution in [0.4, 0.5) is 11.4 Å². The Hall–Kier alpha value is -3.80. The summed E-state index contributed by atoms with van der Waals surface area (Å²) >= 11 is 0. The van der Waals surface area contributed by atoms with E-state index in [0.29, 0.717) is 17.0 Å². The maximum Gasteiger partial charge on any atom is 0.262 e. The molecule has 1 N–H and O–H groups in total. The standard InChI is InChI=1S/C22H18N2O4/c1-28-17-12-10-16(11-13-17)24-20(14-6-8-15(9-7-14)22(26)27)23-19-5-3-2-4-18(19)21(24)25/h2-13,20,23H,1H3,(H,26,27)/p-1/t20-/m0/s1. The molecule has 0 unspecified atom stereocenters. The monoisotopic (exact) mass is 373 g/mol. The Balaban J connectivity index is 1.80. The number of benzene rings is 3. The van der Waals surface area contributed by atoms with Crippen LogP contribution in [0.15, 0.2) is 72.8 Å². The first-order valence-corrected chi connectivity index (χ1v) is 8.73. The second-order valence-corrected chi connectivity index (χ2v) is 6.38. The highest BCUT2D eigenvalue weighted by Crippen LogP contribution is 2.37. The lowest BCUT2D eigenvalue weighted by Gasteiger charge is -2.38. The predicted molar refractivity (Wildman–Crippen MR) is 103 cm³/mol. The fourth-order valence-electron chi connectivity index (χ4n) is 3.30. The van der Waals surface area contributed by atoms with Crippen molar-refractivity contribution in [3.63, 3.8) is 0 Å². The smallest absolute Gasteiger partial charge is 0.262 e. The number of anilines is 2. The van der Waals surface area contributed by atoms with Crippen LogP contribution in [0.2, 0.25) is 0 Å². The van der Waals surface area contributed by atoms with Gasteiger partial charge in [0.25, 0.3) is 5.91 Å². The molecule has 0 bridgehead atoms. The minimum absolute atomic E-state index is 0.0854. The summed E-state index contributed by atoms with van der Waals surface area (Å²) in [5, 5.41) is 14.4. The van der Waals surface area contributed by atoms with Crippen molar-refractivity contribution in [1.82, 2.24) is 0 Å². The summed E-state index contributed by atoms with van der Waals surface area (Å²) in [6.45, 7) is 0. The van der Waals surface area contributed by atoms with Crippen LogP contribution in [-0.2, 0) is 0 Å². The highest BCUT2D eigenvalue weighted by molar-refractivity contribution is 6.12. The van der Waals surface area contributed by atoms with Crippen LogP contribution in [0.25, 0.3) is 0 Å². The van der Waals surface area contributed by atoms with Gasteiger partial charge in [0.05, 0.1) is 18.6 Å². The van der Waals surface area contributed by atoms with Gasteiger partial charge in [-0.1, -0.05) is 36.4 Å². The molecule has 0 aromatic heterocycles. The molecule has 0 aliphatic carbocycles. The van der Waals surface area contributed by atoms with E-state index in [0.717, 1.165) is 11.3 Å². The lowest BCUT2D eigenvalue weighted by molar-refractivity contribution is -0.255. The molecule has 4 rings (SSSR count). The highest BCUT2D eigenvalue weighted by Gasteiger charge is 2.33. The van der Waals surface area contributed by atoms with E-state index in [1.165, 1.54) is 12.1 Å². The molecule has 0 saturated carbocycles. The van der Waals surface area contributed by atoms with Crippen LogP contribution >= 0.6 is 0 Å². The Morgan fingerprint density at radius 2 is 1.68 bits per heavy atom. The summed E-state index contributed by atoms with van der Waals surface area (Å²) in [6, 6.07) is 20.8. The number of fused-ring (bicyclic) bond motifs is 1. The third-order valence-electron chi connectivity index (χ3n) is 4.74. The molecule has 1 atom stereocenters. The van der Waals surface area contributed by atoms with E-state index < -0.39 is 12.1 Å². The maximum absolute atomic E-state index is 13.3. The van der Waals surface area contributed by atoms with Crippen molar-refractivity contribution >= 4 is 23.3 Å². The molecule has 3 aromatic carbocycles. The van der Waals surface area contributed by atoms with Gasteiger partial charge in [0.2, 0.25) is 0 Å². The number of carboxylic acid groups (broad SMARTS) is 1. The van der Waals surface area contributed by atoms with Gasteiger partial charge in [0, 0.05) is 11.4 Å². The number of aromatic carboxylic acids is 1. The summed E-state index contributed by atoms with van der Waals surface area (Å²) in [6.07, 6.45) is -0.494. The summed E-state index contributed by atoms with van der Waals surface area (Å²) in [4.78, 5) is 26.0. The number of nitrogens with one attached hydrogen (secondary N) is 1. The molecule has 1 amide bonds. The largest absolute Gasteiger partial charge is 0.545 e. The number of nitrogens with zero attached hydrogens (tertiary/aromatic N) is 1. The van der Waals surface area contributed by atoms with Crippen molar-refractivity contribution < 1.29 is 19.4 Å². The van der Waals surface area contributed by atoms with Gasteiger partial charge in [-0.2, -0.15) is 0 Å². The van der Waals surface area contributed by atoms with E-state index in [-0.39, 0.29) is 11.5 Å². The molecule has 1 aliphatic rings. The van der Waals surface area contributed by atoms with Crippen molar-refractivity contribution in [3.05, 3.63) is 89.5 Å². The Bertz CT molecular complexity index is 1030. The number of hydrogen-bond donors (Lipinski definition) is 1. The lowest BCUT2D eigenvalue weighted by atomic mass is 10.0. The molecule has 0 saturated heterocycles. The average Bonchev–Trinajstić information content (AvgIpc) is 2.74. The van der Waals surface area contributed by atoms with Crippen molar-refractivity contribution in [2.75, 3.05) is 17.3 Å². The zero-order valence-corrected chi connectivity index (χ0v) is 15.1. The Morgan fingerprint density at radius 3 is 2.32 bits per heavy atom. The molecule has 140 valence electrons. The minimum Gasteiger partial charge on any atom is -0.545 e. The molecular formula is C22H17N2O4-. The Morgan fingerprint density at radius 1 is 1.00 bits per heavy atom. The van der Waals surface area contributed by atoms with Crippen molar-refractivity contribution in [1.29, 1.82) is 0 Å². The number of para-hydroxylation sites is 1. The van der Waals surface area contributed by atoms with Crippen LogP contribution in [0.1, 0.15) is 32.4 Å². The van der Waals surface area contributed by atoms with Crippen molar-refractivity contribution in [2.45, 2.75) is 6.17 Å². The van der Waals surface area contributed by atoms with E-state index in [2.05, 4.69) is 5.32 Å². The van der Waals surface area contributed by atoms with Gasteiger partial charge in [0.1, 0.15) is 11.9 Å². The van der Waals surface area contributed by atoms with Gasteiger partial charge in [-0.15, -0.1) is 0 Å². The molecule has 0 radical (unpaired) electrons. The zero-order valence-electron chi connectivity index (χ0n) is 15.1. The fraction of sp³-hybridized carbons (Fsp3) is 0.0909.